The molecule has 11 heteroatoms. The van der Waals surface area contributed by atoms with Crippen molar-refractivity contribution in [3.63, 3.8) is 0 Å². The fourth-order valence-electron chi connectivity index (χ4n) is 4.39. The fraction of sp³-hybridized carbons (Fsp3) is 0.250. The molecule has 1 aliphatic heterocycles. The van der Waals surface area contributed by atoms with Gasteiger partial charge in [0, 0.05) is 21.8 Å². The van der Waals surface area contributed by atoms with Gasteiger partial charge >= 0.3 is 6.03 Å². The van der Waals surface area contributed by atoms with Crippen LogP contribution in [-0.4, -0.2) is 53.9 Å². The normalized spacial score (nSPS) is 17.7. The molecule has 1 saturated heterocycles. The number of rotatable bonds is 7. The predicted molar refractivity (Wildman–Crippen MR) is 128 cm³/mol. The number of nitrogens with zero attached hydrogens (tertiary/aromatic N) is 6. The fourth-order valence-corrected chi connectivity index (χ4v) is 5.08. The van der Waals surface area contributed by atoms with Crippen LogP contribution in [0.3, 0.4) is 0 Å². The number of aromatic nitrogens is 5. The van der Waals surface area contributed by atoms with Gasteiger partial charge < -0.3 is 9.88 Å². The summed E-state index contributed by atoms with van der Waals surface area (Å²) in [4.78, 5) is 41.6. The Bertz CT molecular complexity index is 1430. The number of imide groups is 1. The van der Waals surface area contributed by atoms with Crippen LogP contribution in [0.4, 0.5) is 4.79 Å². The molecule has 0 bridgehead atoms. The zero-order valence-electron chi connectivity index (χ0n) is 19.4. The number of thiophene rings is 1. The largest absolute Gasteiger partial charge is 0.343 e. The molecule has 0 radical (unpaired) electrons. The number of ketones is 1. The number of urea groups is 1. The Morgan fingerprint density at radius 3 is 2.69 bits per heavy atom. The topological polar surface area (TPSA) is 115 Å². The Hall–Kier alpha value is -4.12. The zero-order valence-corrected chi connectivity index (χ0v) is 20.2. The predicted octanol–water partition coefficient (Wildman–Crippen LogP) is 2.84. The second kappa shape index (κ2) is 8.58. The molecule has 3 aromatic heterocycles. The van der Waals surface area contributed by atoms with Crippen LogP contribution < -0.4 is 5.32 Å². The Morgan fingerprint density at radius 2 is 1.97 bits per heavy atom. The third kappa shape index (κ3) is 3.93. The number of carbonyl (C=O) groups is 3. The first-order valence-electron chi connectivity index (χ1n) is 11.0. The van der Waals surface area contributed by atoms with Crippen molar-refractivity contribution in [2.75, 3.05) is 6.54 Å². The third-order valence-corrected chi connectivity index (χ3v) is 7.24. The molecule has 178 valence electrons. The highest BCUT2D eigenvalue weighted by atomic mass is 32.1. The summed E-state index contributed by atoms with van der Waals surface area (Å²) in [5.74, 6) is -0.775. The molecule has 1 aliphatic rings. The maximum atomic E-state index is 13.4. The number of hydrogen-bond donors (Lipinski definition) is 1. The van der Waals surface area contributed by atoms with Gasteiger partial charge in [0.05, 0.1) is 18.8 Å². The number of aryl methyl sites for hydroxylation is 1. The van der Waals surface area contributed by atoms with Gasteiger partial charge in [0.1, 0.15) is 11.9 Å². The molecule has 35 heavy (non-hydrogen) atoms. The SMILES string of the molecule is Cc1cc(C(=O)CN2C(=O)N[C@](C)(c3cccc(-n4cnnn4)c3)C2=O)c(C)n1Cc1cccs1. The highest BCUT2D eigenvalue weighted by molar-refractivity contribution is 7.09. The summed E-state index contributed by atoms with van der Waals surface area (Å²) >= 11 is 1.65. The molecule has 1 aromatic carbocycles. The number of carbonyl (C=O) groups excluding carboxylic acids is 3. The smallest absolute Gasteiger partial charge is 0.325 e. The van der Waals surface area contributed by atoms with E-state index in [0.717, 1.165) is 16.3 Å². The van der Waals surface area contributed by atoms with E-state index < -0.39 is 17.5 Å². The molecule has 1 fully saturated rings. The number of tetrazole rings is 1. The monoisotopic (exact) mass is 489 g/mol. The van der Waals surface area contributed by atoms with E-state index in [2.05, 4.69) is 25.4 Å². The molecule has 1 N–H and O–H groups in total. The minimum Gasteiger partial charge on any atom is -0.343 e. The minimum absolute atomic E-state index is 0.286. The lowest BCUT2D eigenvalue weighted by Crippen LogP contribution is -2.41. The van der Waals surface area contributed by atoms with Crippen LogP contribution in [0.5, 0.6) is 0 Å². The molecule has 10 nitrogen and oxygen atoms in total. The van der Waals surface area contributed by atoms with Crippen LogP contribution in [0.25, 0.3) is 5.69 Å². The first-order valence-corrected chi connectivity index (χ1v) is 11.9. The molecular weight excluding hydrogens is 466 g/mol. The standard InChI is InChI=1S/C24H23N7O3S/c1-15-10-20(16(2)29(15)12-19-8-5-9-35-19)21(32)13-30-22(33)24(3,26-23(30)34)17-6-4-7-18(11-17)31-14-25-27-28-31/h4-11,14H,12-13H2,1-3H3,(H,26,34)/t24-/m1/s1. The summed E-state index contributed by atoms with van der Waals surface area (Å²) in [6.07, 6.45) is 1.44. The molecule has 0 spiro atoms. The van der Waals surface area contributed by atoms with E-state index in [0.29, 0.717) is 23.4 Å². The molecule has 4 aromatic rings. The number of amides is 3. The van der Waals surface area contributed by atoms with Gasteiger partial charge in [-0.15, -0.1) is 16.4 Å². The third-order valence-electron chi connectivity index (χ3n) is 6.38. The van der Waals surface area contributed by atoms with Crippen molar-refractivity contribution in [3.05, 3.63) is 81.6 Å². The molecule has 1 atom stereocenters. The van der Waals surface area contributed by atoms with Gasteiger partial charge in [-0.25, -0.2) is 9.48 Å². The van der Waals surface area contributed by atoms with Crippen LogP contribution in [0.15, 0.2) is 54.2 Å². The Kier molecular flexibility index (Phi) is 5.56. The Morgan fingerprint density at radius 1 is 1.14 bits per heavy atom. The van der Waals surface area contributed by atoms with Gasteiger partial charge in [0.25, 0.3) is 5.91 Å². The lowest BCUT2D eigenvalue weighted by atomic mass is 9.91. The maximum Gasteiger partial charge on any atom is 0.325 e. The quantitative estimate of drug-likeness (QED) is 0.315. The van der Waals surface area contributed by atoms with Gasteiger partial charge in [0.2, 0.25) is 0 Å². The first-order chi connectivity index (χ1) is 16.8. The van der Waals surface area contributed by atoms with Crippen molar-refractivity contribution >= 4 is 29.1 Å². The lowest BCUT2D eigenvalue weighted by Gasteiger charge is -2.22. The van der Waals surface area contributed by atoms with E-state index in [9.17, 15) is 14.4 Å². The average Bonchev–Trinajstić information content (AvgIpc) is 3.64. The lowest BCUT2D eigenvalue weighted by molar-refractivity contribution is -0.130. The zero-order chi connectivity index (χ0) is 24.7. The van der Waals surface area contributed by atoms with Crippen LogP contribution >= 0.6 is 11.3 Å². The Labute approximate surface area is 205 Å². The molecule has 0 aliphatic carbocycles. The molecule has 5 rings (SSSR count). The van der Waals surface area contributed by atoms with Crippen LogP contribution in [0.2, 0.25) is 0 Å². The molecule has 0 saturated carbocycles. The van der Waals surface area contributed by atoms with Crippen molar-refractivity contribution in [1.82, 2.24) is 35.0 Å². The van der Waals surface area contributed by atoms with Gasteiger partial charge in [-0.3, -0.25) is 14.5 Å². The van der Waals surface area contributed by atoms with Crippen LogP contribution in [0, 0.1) is 13.8 Å². The van der Waals surface area contributed by atoms with E-state index in [1.807, 2.05) is 37.4 Å². The maximum absolute atomic E-state index is 13.4. The number of Topliss-reactive ketones (excluding diaryl/α,β-unsaturated/α-hetero) is 1. The summed E-state index contributed by atoms with van der Waals surface area (Å²) in [5.41, 5.74) is 2.15. The van der Waals surface area contributed by atoms with Crippen molar-refractivity contribution in [1.29, 1.82) is 0 Å². The number of hydrogen-bond acceptors (Lipinski definition) is 7. The summed E-state index contributed by atoms with van der Waals surface area (Å²) in [7, 11) is 0. The summed E-state index contributed by atoms with van der Waals surface area (Å²) in [5, 5.41) is 15.9. The number of benzene rings is 1. The highest BCUT2D eigenvalue weighted by Gasteiger charge is 2.49. The van der Waals surface area contributed by atoms with E-state index in [-0.39, 0.29) is 12.3 Å². The van der Waals surface area contributed by atoms with Gasteiger partial charge in [-0.1, -0.05) is 18.2 Å². The van der Waals surface area contributed by atoms with Crippen LogP contribution in [0.1, 0.15) is 39.1 Å². The second-order valence-electron chi connectivity index (χ2n) is 8.62. The number of nitrogens with one attached hydrogen (secondary N) is 1. The first kappa shape index (κ1) is 22.7. The highest BCUT2D eigenvalue weighted by Crippen LogP contribution is 2.30. The van der Waals surface area contributed by atoms with E-state index in [1.165, 1.54) is 15.9 Å². The second-order valence-corrected chi connectivity index (χ2v) is 9.66. The molecule has 0 unspecified atom stereocenters. The van der Waals surface area contributed by atoms with Gasteiger partial charge in [-0.2, -0.15) is 0 Å². The van der Waals surface area contributed by atoms with Crippen molar-refractivity contribution in [2.24, 2.45) is 0 Å². The summed E-state index contributed by atoms with van der Waals surface area (Å²) in [6.45, 7) is 5.79. The van der Waals surface area contributed by atoms with E-state index in [4.69, 9.17) is 0 Å². The van der Waals surface area contributed by atoms with Gasteiger partial charge in [0.15, 0.2) is 5.78 Å². The minimum atomic E-state index is -1.32. The molecule has 3 amide bonds. The van der Waals surface area contributed by atoms with Crippen molar-refractivity contribution in [3.8, 4) is 5.69 Å². The summed E-state index contributed by atoms with van der Waals surface area (Å²) < 4.78 is 3.53. The van der Waals surface area contributed by atoms with E-state index in [1.54, 1.807) is 42.5 Å². The average molecular weight is 490 g/mol. The van der Waals surface area contributed by atoms with Crippen molar-refractivity contribution < 1.29 is 14.4 Å². The van der Waals surface area contributed by atoms with Crippen molar-refractivity contribution in [2.45, 2.75) is 32.9 Å². The van der Waals surface area contributed by atoms with E-state index >= 15 is 0 Å². The summed E-state index contributed by atoms with van der Waals surface area (Å²) in [6, 6.07) is 12.3. The molecule has 4 heterocycles. The Balaban J connectivity index is 1.38. The van der Waals surface area contributed by atoms with Gasteiger partial charge in [-0.05, 0) is 66.4 Å². The molecular formula is C24H23N7O3S. The van der Waals surface area contributed by atoms with Crippen LogP contribution in [-0.2, 0) is 16.9 Å².